The van der Waals surface area contributed by atoms with Crippen LogP contribution in [0.15, 0.2) is 18.2 Å². The first-order valence-corrected chi connectivity index (χ1v) is 11.5. The van der Waals surface area contributed by atoms with E-state index in [1.807, 2.05) is 6.07 Å². The highest BCUT2D eigenvalue weighted by atomic mass is 32.2. The number of aryl methyl sites for hydroxylation is 1. The number of sulfone groups is 1. The van der Waals surface area contributed by atoms with Gasteiger partial charge in [-0.2, -0.15) is 0 Å². The maximum Gasteiger partial charge on any atom is 0.161 e. The molecule has 0 amide bonds. The van der Waals surface area contributed by atoms with Crippen LogP contribution in [0, 0.1) is 11.8 Å². The van der Waals surface area contributed by atoms with Crippen LogP contribution in [0.5, 0.6) is 11.5 Å². The van der Waals surface area contributed by atoms with Gasteiger partial charge in [-0.25, -0.2) is 8.42 Å². The third kappa shape index (κ3) is 4.73. The Hall–Kier alpha value is -1.23. The summed E-state index contributed by atoms with van der Waals surface area (Å²) in [6, 6.07) is 6.25. The quantitative estimate of drug-likeness (QED) is 0.759. The van der Waals surface area contributed by atoms with Crippen LogP contribution < -0.4 is 9.47 Å². The summed E-state index contributed by atoms with van der Waals surface area (Å²) in [6.07, 6.45) is 6.59. The molecule has 4 nitrogen and oxygen atoms in total. The van der Waals surface area contributed by atoms with E-state index >= 15 is 0 Å². The molecule has 26 heavy (non-hydrogen) atoms. The van der Waals surface area contributed by atoms with Gasteiger partial charge in [0.05, 0.1) is 10.5 Å². The summed E-state index contributed by atoms with van der Waals surface area (Å²) in [6.45, 7) is 6.67. The Morgan fingerprint density at radius 3 is 2.23 bits per heavy atom. The highest BCUT2D eigenvalue weighted by Crippen LogP contribution is 2.35. The van der Waals surface area contributed by atoms with E-state index in [1.54, 1.807) is 20.8 Å². The van der Waals surface area contributed by atoms with Gasteiger partial charge < -0.3 is 9.47 Å². The minimum absolute atomic E-state index is 0.338. The molecule has 1 heterocycles. The Labute approximate surface area is 158 Å². The first-order chi connectivity index (χ1) is 12.2. The molecular weight excluding hydrogens is 348 g/mol. The summed E-state index contributed by atoms with van der Waals surface area (Å²) in [5.41, 5.74) is 1.30. The second kappa shape index (κ2) is 7.79. The zero-order valence-electron chi connectivity index (χ0n) is 16.3. The van der Waals surface area contributed by atoms with Crippen LogP contribution >= 0.6 is 0 Å². The number of benzene rings is 1. The number of ether oxygens (including phenoxy) is 2. The molecule has 1 aliphatic carbocycles. The van der Waals surface area contributed by atoms with E-state index in [9.17, 15) is 8.42 Å². The Morgan fingerprint density at radius 2 is 1.58 bits per heavy atom. The second-order valence-corrected chi connectivity index (χ2v) is 11.6. The Morgan fingerprint density at radius 1 is 0.962 bits per heavy atom. The van der Waals surface area contributed by atoms with Crippen LogP contribution in [-0.2, 0) is 16.3 Å². The van der Waals surface area contributed by atoms with Crippen molar-refractivity contribution in [3.05, 3.63) is 23.8 Å². The van der Waals surface area contributed by atoms with E-state index in [0.29, 0.717) is 30.8 Å². The maximum absolute atomic E-state index is 12.4. The van der Waals surface area contributed by atoms with Crippen molar-refractivity contribution < 1.29 is 17.9 Å². The summed E-state index contributed by atoms with van der Waals surface area (Å²) in [4.78, 5) is 0. The Balaban J connectivity index is 1.46. The van der Waals surface area contributed by atoms with Crippen molar-refractivity contribution in [2.75, 3.05) is 19.0 Å². The molecule has 1 fully saturated rings. The lowest BCUT2D eigenvalue weighted by Crippen LogP contribution is -2.34. The third-order valence-corrected chi connectivity index (χ3v) is 8.58. The van der Waals surface area contributed by atoms with Gasteiger partial charge >= 0.3 is 0 Å². The molecular formula is C21H32O4S. The van der Waals surface area contributed by atoms with Gasteiger partial charge in [0.2, 0.25) is 0 Å². The first-order valence-electron chi connectivity index (χ1n) is 9.85. The molecule has 0 radical (unpaired) electrons. The Bertz CT molecular complexity index is 710. The van der Waals surface area contributed by atoms with Crippen molar-refractivity contribution >= 4 is 9.84 Å². The number of fused-ring (bicyclic) bond motifs is 1. The van der Waals surface area contributed by atoms with Crippen LogP contribution in [0.1, 0.15) is 58.4 Å². The second-order valence-electron chi connectivity index (χ2n) is 8.80. The fourth-order valence-corrected chi connectivity index (χ4v) is 5.32. The zero-order chi connectivity index (χ0) is 18.8. The number of rotatable bonds is 5. The van der Waals surface area contributed by atoms with E-state index in [-0.39, 0.29) is 0 Å². The van der Waals surface area contributed by atoms with Gasteiger partial charge in [0.15, 0.2) is 21.3 Å². The molecule has 1 aliphatic heterocycles. The lowest BCUT2D eigenvalue weighted by molar-refractivity contribution is 0.171. The topological polar surface area (TPSA) is 52.6 Å². The Kier molecular flexibility index (Phi) is 5.85. The van der Waals surface area contributed by atoms with Gasteiger partial charge in [0.25, 0.3) is 0 Å². The van der Waals surface area contributed by atoms with Crippen molar-refractivity contribution in [1.29, 1.82) is 0 Å². The summed E-state index contributed by atoms with van der Waals surface area (Å²) >= 11 is 0. The monoisotopic (exact) mass is 380 g/mol. The van der Waals surface area contributed by atoms with Crippen molar-refractivity contribution in [3.8, 4) is 11.5 Å². The van der Waals surface area contributed by atoms with Crippen molar-refractivity contribution in [2.45, 2.75) is 64.0 Å². The molecule has 0 spiro atoms. The molecule has 0 N–H and O–H groups in total. The summed E-state index contributed by atoms with van der Waals surface area (Å²) in [7, 11) is -3.00. The van der Waals surface area contributed by atoms with Crippen LogP contribution in [0.2, 0.25) is 0 Å². The molecule has 1 saturated carbocycles. The van der Waals surface area contributed by atoms with E-state index < -0.39 is 14.6 Å². The van der Waals surface area contributed by atoms with E-state index in [1.165, 1.54) is 12.0 Å². The van der Waals surface area contributed by atoms with E-state index in [2.05, 4.69) is 12.1 Å². The standard InChI is InChI=1S/C21H32O4S/c1-21(2,3)26(22,23)15-18-8-5-16(6-9-18)4-7-17-10-11-19-20(14-17)25-13-12-24-19/h10-11,14,16,18H,4-9,12-13,15H2,1-3H3. The van der Waals surface area contributed by atoms with Gasteiger partial charge in [-0.3, -0.25) is 0 Å². The van der Waals surface area contributed by atoms with Gasteiger partial charge in [-0.1, -0.05) is 18.9 Å². The largest absolute Gasteiger partial charge is 0.486 e. The molecule has 3 rings (SSSR count). The number of hydrogen-bond donors (Lipinski definition) is 0. The molecule has 1 aromatic carbocycles. The normalized spacial score (nSPS) is 23.7. The highest BCUT2D eigenvalue weighted by Gasteiger charge is 2.33. The predicted molar refractivity (Wildman–Crippen MR) is 105 cm³/mol. The molecule has 146 valence electrons. The highest BCUT2D eigenvalue weighted by molar-refractivity contribution is 7.92. The zero-order valence-corrected chi connectivity index (χ0v) is 17.1. The molecule has 0 atom stereocenters. The average molecular weight is 381 g/mol. The first kappa shape index (κ1) is 19.5. The van der Waals surface area contributed by atoms with Crippen molar-refractivity contribution in [3.63, 3.8) is 0 Å². The average Bonchev–Trinajstić information content (AvgIpc) is 2.60. The summed E-state index contributed by atoms with van der Waals surface area (Å²) in [5.74, 6) is 3.11. The minimum atomic E-state index is -3.00. The molecule has 5 heteroatoms. The van der Waals surface area contributed by atoms with Crippen LogP contribution in [0.3, 0.4) is 0 Å². The predicted octanol–water partition coefficient (Wildman–Crippen LogP) is 4.41. The molecule has 1 aromatic rings. The molecule has 0 aromatic heterocycles. The van der Waals surface area contributed by atoms with Gasteiger partial charge in [-0.05, 0) is 76.0 Å². The fourth-order valence-electron chi connectivity index (χ4n) is 3.86. The molecule has 0 bridgehead atoms. The van der Waals surface area contributed by atoms with Crippen LogP contribution in [0.25, 0.3) is 0 Å². The van der Waals surface area contributed by atoms with Crippen LogP contribution in [0.4, 0.5) is 0 Å². The van der Waals surface area contributed by atoms with Gasteiger partial charge in [0.1, 0.15) is 13.2 Å². The van der Waals surface area contributed by atoms with Crippen molar-refractivity contribution in [2.24, 2.45) is 11.8 Å². The fraction of sp³-hybridized carbons (Fsp3) is 0.714. The van der Waals surface area contributed by atoms with Crippen molar-refractivity contribution in [1.82, 2.24) is 0 Å². The van der Waals surface area contributed by atoms with E-state index in [0.717, 1.165) is 43.6 Å². The van der Waals surface area contributed by atoms with Gasteiger partial charge in [0, 0.05) is 0 Å². The molecule has 0 unspecified atom stereocenters. The van der Waals surface area contributed by atoms with Crippen LogP contribution in [-0.4, -0.2) is 32.1 Å². The summed E-state index contributed by atoms with van der Waals surface area (Å²) in [5, 5.41) is 0. The lowest BCUT2D eigenvalue weighted by atomic mass is 9.80. The summed E-state index contributed by atoms with van der Waals surface area (Å²) < 4.78 is 35.4. The van der Waals surface area contributed by atoms with E-state index in [4.69, 9.17) is 9.47 Å². The minimum Gasteiger partial charge on any atom is -0.486 e. The third-order valence-electron chi connectivity index (χ3n) is 5.80. The smallest absolute Gasteiger partial charge is 0.161 e. The molecule has 0 saturated heterocycles. The maximum atomic E-state index is 12.4. The van der Waals surface area contributed by atoms with Gasteiger partial charge in [-0.15, -0.1) is 0 Å². The molecule has 2 aliphatic rings. The lowest BCUT2D eigenvalue weighted by Gasteiger charge is -2.30. The SMILES string of the molecule is CC(C)(C)S(=O)(=O)CC1CCC(CCc2ccc3c(c2)OCCO3)CC1. The number of hydrogen-bond acceptors (Lipinski definition) is 4.